The van der Waals surface area contributed by atoms with Crippen molar-refractivity contribution in [3.8, 4) is 12.3 Å². The molecule has 1 amide bonds. The summed E-state index contributed by atoms with van der Waals surface area (Å²) in [5.74, 6) is 2.28. The Morgan fingerprint density at radius 2 is 2.33 bits per heavy atom. The van der Waals surface area contributed by atoms with Gasteiger partial charge >= 0.3 is 0 Å². The van der Waals surface area contributed by atoms with Gasteiger partial charge in [0.2, 0.25) is 5.91 Å². The normalized spacial score (nSPS) is 16.8. The lowest BCUT2D eigenvalue weighted by Crippen LogP contribution is -2.32. The first-order valence-electron chi connectivity index (χ1n) is 5.11. The van der Waals surface area contributed by atoms with Crippen LogP contribution < -0.4 is 5.32 Å². The molecule has 0 aromatic rings. The number of hydrogen-bond donors (Lipinski definition) is 2. The molecule has 4 nitrogen and oxygen atoms in total. The van der Waals surface area contributed by atoms with E-state index in [0.29, 0.717) is 19.6 Å². The molecule has 84 valence electrons. The van der Waals surface area contributed by atoms with Crippen LogP contribution in [0.5, 0.6) is 0 Å². The molecule has 0 aromatic carbocycles. The summed E-state index contributed by atoms with van der Waals surface area (Å²) in [5, 5.41) is 11.8. The maximum absolute atomic E-state index is 11.3. The van der Waals surface area contributed by atoms with Crippen molar-refractivity contribution in [3.63, 3.8) is 0 Å². The minimum absolute atomic E-state index is 0.0324. The van der Waals surface area contributed by atoms with E-state index in [0.717, 1.165) is 12.8 Å². The number of aliphatic hydroxyl groups excluding tert-OH is 1. The van der Waals surface area contributed by atoms with Gasteiger partial charge in [0.1, 0.15) is 6.61 Å². The van der Waals surface area contributed by atoms with Crippen molar-refractivity contribution in [2.75, 3.05) is 26.4 Å². The fraction of sp³-hybridized carbons (Fsp3) is 0.727. The number of amides is 1. The van der Waals surface area contributed by atoms with E-state index in [9.17, 15) is 4.79 Å². The molecule has 4 heteroatoms. The van der Waals surface area contributed by atoms with Crippen LogP contribution in [0.2, 0.25) is 0 Å². The van der Waals surface area contributed by atoms with E-state index < -0.39 is 0 Å². The Morgan fingerprint density at radius 1 is 1.60 bits per heavy atom. The van der Waals surface area contributed by atoms with E-state index in [1.54, 1.807) is 0 Å². The Kier molecular flexibility index (Phi) is 4.60. The largest absolute Gasteiger partial charge is 0.396 e. The van der Waals surface area contributed by atoms with Gasteiger partial charge in [-0.05, 0) is 12.8 Å². The van der Waals surface area contributed by atoms with Gasteiger partial charge in [-0.1, -0.05) is 5.92 Å². The third kappa shape index (κ3) is 4.32. The summed E-state index contributed by atoms with van der Waals surface area (Å²) in [5.41, 5.74) is -0.0324. The van der Waals surface area contributed by atoms with Crippen LogP contribution in [0.3, 0.4) is 0 Å². The second kappa shape index (κ2) is 5.74. The molecule has 1 fully saturated rings. The number of terminal acetylenes is 1. The lowest BCUT2D eigenvalue weighted by atomic mass is 10.1. The Bertz CT molecular complexity index is 253. The molecule has 0 spiro atoms. The molecule has 0 bridgehead atoms. The van der Waals surface area contributed by atoms with E-state index in [2.05, 4.69) is 11.2 Å². The Labute approximate surface area is 90.0 Å². The van der Waals surface area contributed by atoms with Gasteiger partial charge < -0.3 is 15.2 Å². The number of carbonyl (C=O) groups is 1. The minimum atomic E-state index is -0.0493. The van der Waals surface area contributed by atoms with Gasteiger partial charge in [0.25, 0.3) is 0 Å². The SMILES string of the molecule is C#CCOCCC(=O)NCC1(CO)CC1. The van der Waals surface area contributed by atoms with Crippen LogP contribution in [0.15, 0.2) is 0 Å². The van der Waals surface area contributed by atoms with Crippen LogP contribution in [-0.4, -0.2) is 37.4 Å². The van der Waals surface area contributed by atoms with Crippen molar-refractivity contribution in [3.05, 3.63) is 0 Å². The first-order valence-corrected chi connectivity index (χ1v) is 5.11. The highest BCUT2D eigenvalue weighted by atomic mass is 16.5. The summed E-state index contributed by atoms with van der Waals surface area (Å²) in [4.78, 5) is 11.3. The fourth-order valence-electron chi connectivity index (χ4n) is 1.24. The third-order valence-electron chi connectivity index (χ3n) is 2.61. The maximum atomic E-state index is 11.3. The van der Waals surface area contributed by atoms with E-state index in [1.165, 1.54) is 0 Å². The number of aliphatic hydroxyl groups is 1. The van der Waals surface area contributed by atoms with Crippen LogP contribution in [0.25, 0.3) is 0 Å². The first kappa shape index (κ1) is 12.0. The molecular formula is C11H17NO3. The second-order valence-corrected chi connectivity index (χ2v) is 3.94. The molecule has 0 aromatic heterocycles. The van der Waals surface area contributed by atoms with Crippen molar-refractivity contribution in [1.82, 2.24) is 5.32 Å². The summed E-state index contributed by atoms with van der Waals surface area (Å²) in [6, 6.07) is 0. The summed E-state index contributed by atoms with van der Waals surface area (Å²) < 4.78 is 4.98. The Hall–Kier alpha value is -1.05. The number of nitrogens with one attached hydrogen (secondary N) is 1. The number of carbonyl (C=O) groups excluding carboxylic acids is 1. The average molecular weight is 211 g/mol. The summed E-state index contributed by atoms with van der Waals surface area (Å²) in [6.45, 7) is 1.31. The van der Waals surface area contributed by atoms with Crippen LogP contribution >= 0.6 is 0 Å². The van der Waals surface area contributed by atoms with Crippen LogP contribution in [0.1, 0.15) is 19.3 Å². The van der Waals surface area contributed by atoms with Crippen molar-refractivity contribution < 1.29 is 14.6 Å². The van der Waals surface area contributed by atoms with Crippen molar-refractivity contribution in [2.24, 2.45) is 5.41 Å². The predicted molar refractivity (Wildman–Crippen MR) is 56.0 cm³/mol. The van der Waals surface area contributed by atoms with Gasteiger partial charge in [0.15, 0.2) is 0 Å². The highest BCUT2D eigenvalue weighted by molar-refractivity contribution is 5.76. The molecule has 0 radical (unpaired) electrons. The van der Waals surface area contributed by atoms with Gasteiger partial charge in [-0.3, -0.25) is 4.79 Å². The standard InChI is InChI=1S/C11H17NO3/c1-2-6-15-7-3-10(14)12-8-11(9-13)4-5-11/h1,13H,3-9H2,(H,12,14). The average Bonchev–Trinajstić information content (AvgIpc) is 3.02. The lowest BCUT2D eigenvalue weighted by molar-refractivity contribution is -0.122. The highest BCUT2D eigenvalue weighted by Gasteiger charge is 2.41. The van der Waals surface area contributed by atoms with Gasteiger partial charge in [0, 0.05) is 12.0 Å². The second-order valence-electron chi connectivity index (χ2n) is 3.94. The lowest BCUT2D eigenvalue weighted by Gasteiger charge is -2.12. The zero-order valence-corrected chi connectivity index (χ0v) is 8.79. The predicted octanol–water partition coefficient (Wildman–Crippen LogP) is -0.0850. The summed E-state index contributed by atoms with van der Waals surface area (Å²) in [7, 11) is 0. The van der Waals surface area contributed by atoms with Gasteiger partial charge in [-0.25, -0.2) is 0 Å². The number of hydrogen-bond acceptors (Lipinski definition) is 3. The van der Waals surface area contributed by atoms with Crippen molar-refractivity contribution >= 4 is 5.91 Å². The Balaban J connectivity index is 2.02. The molecule has 1 saturated carbocycles. The van der Waals surface area contributed by atoms with Gasteiger partial charge in [-0.15, -0.1) is 6.42 Å². The van der Waals surface area contributed by atoms with Crippen molar-refractivity contribution in [1.29, 1.82) is 0 Å². The topological polar surface area (TPSA) is 58.6 Å². The Morgan fingerprint density at radius 3 is 2.87 bits per heavy atom. The van der Waals surface area contributed by atoms with Crippen LogP contribution in [-0.2, 0) is 9.53 Å². The molecule has 0 atom stereocenters. The smallest absolute Gasteiger partial charge is 0.222 e. The number of rotatable bonds is 7. The quantitative estimate of drug-likeness (QED) is 0.457. The van der Waals surface area contributed by atoms with E-state index in [1.807, 2.05) is 0 Å². The molecule has 0 heterocycles. The molecule has 0 aliphatic heterocycles. The molecule has 0 unspecified atom stereocenters. The summed E-state index contributed by atoms with van der Waals surface area (Å²) >= 11 is 0. The molecule has 2 N–H and O–H groups in total. The van der Waals surface area contributed by atoms with Gasteiger partial charge in [0.05, 0.1) is 19.6 Å². The fourth-order valence-corrected chi connectivity index (χ4v) is 1.24. The van der Waals surface area contributed by atoms with E-state index in [-0.39, 0.29) is 24.5 Å². The van der Waals surface area contributed by atoms with Crippen molar-refractivity contribution in [2.45, 2.75) is 19.3 Å². The maximum Gasteiger partial charge on any atom is 0.222 e. The third-order valence-corrected chi connectivity index (χ3v) is 2.61. The van der Waals surface area contributed by atoms with E-state index in [4.69, 9.17) is 16.3 Å². The highest BCUT2D eigenvalue weighted by Crippen LogP contribution is 2.44. The summed E-state index contributed by atoms with van der Waals surface area (Å²) in [6.07, 6.45) is 7.30. The zero-order valence-electron chi connectivity index (χ0n) is 8.79. The van der Waals surface area contributed by atoms with Crippen LogP contribution in [0, 0.1) is 17.8 Å². The monoisotopic (exact) mass is 211 g/mol. The minimum Gasteiger partial charge on any atom is -0.396 e. The zero-order chi connectivity index (χ0) is 11.1. The molecule has 15 heavy (non-hydrogen) atoms. The first-order chi connectivity index (χ1) is 7.22. The van der Waals surface area contributed by atoms with Crippen LogP contribution in [0.4, 0.5) is 0 Å². The molecule has 1 aliphatic carbocycles. The molecule has 1 rings (SSSR count). The number of ether oxygens (including phenoxy) is 1. The molecule has 0 saturated heterocycles. The molecule has 1 aliphatic rings. The molecular weight excluding hydrogens is 194 g/mol. The van der Waals surface area contributed by atoms with Gasteiger partial charge in [-0.2, -0.15) is 0 Å². The van der Waals surface area contributed by atoms with E-state index >= 15 is 0 Å².